The Bertz CT molecular complexity index is 1120. The highest BCUT2D eigenvalue weighted by Gasteiger charge is 2.30. The molecule has 0 aromatic heterocycles. The monoisotopic (exact) mass is 503 g/mol. The summed E-state index contributed by atoms with van der Waals surface area (Å²) < 4.78 is 0. The summed E-state index contributed by atoms with van der Waals surface area (Å²) in [5.74, 6) is 0.765. The molecule has 7 heteroatoms. The molecule has 2 heterocycles. The second kappa shape index (κ2) is 11.5. The van der Waals surface area contributed by atoms with E-state index in [9.17, 15) is 14.4 Å². The van der Waals surface area contributed by atoms with E-state index in [1.807, 2.05) is 12.1 Å². The Morgan fingerprint density at radius 3 is 2.35 bits per heavy atom. The van der Waals surface area contributed by atoms with Crippen LogP contribution in [0.1, 0.15) is 76.3 Å². The first-order valence-electron chi connectivity index (χ1n) is 13.7. The lowest BCUT2D eigenvalue weighted by Crippen LogP contribution is -2.46. The molecule has 0 spiro atoms. The summed E-state index contributed by atoms with van der Waals surface area (Å²) in [6, 6.07) is 16.2. The molecule has 0 bridgehead atoms. The Morgan fingerprint density at radius 2 is 1.65 bits per heavy atom. The van der Waals surface area contributed by atoms with Crippen molar-refractivity contribution in [1.82, 2.24) is 15.1 Å². The van der Waals surface area contributed by atoms with Crippen LogP contribution < -0.4 is 5.32 Å². The van der Waals surface area contributed by atoms with Gasteiger partial charge in [0.2, 0.25) is 0 Å². The third-order valence-corrected chi connectivity index (χ3v) is 8.52. The first-order chi connectivity index (χ1) is 18.0. The molecule has 2 N–H and O–H groups in total. The van der Waals surface area contributed by atoms with E-state index in [4.69, 9.17) is 5.11 Å². The number of fused-ring (bicyclic) bond motifs is 1. The van der Waals surface area contributed by atoms with E-state index < -0.39 is 6.09 Å². The lowest BCUT2D eigenvalue weighted by molar-refractivity contribution is 0.0871. The predicted octanol–water partition coefficient (Wildman–Crippen LogP) is 4.57. The molecule has 0 saturated carbocycles. The van der Waals surface area contributed by atoms with Gasteiger partial charge in [0.15, 0.2) is 5.78 Å². The Morgan fingerprint density at radius 1 is 0.919 bits per heavy atom. The molecule has 37 heavy (non-hydrogen) atoms. The number of nitrogens with one attached hydrogen (secondary N) is 1. The van der Waals surface area contributed by atoms with E-state index >= 15 is 0 Å². The maximum absolute atomic E-state index is 13.2. The quantitative estimate of drug-likeness (QED) is 0.603. The summed E-state index contributed by atoms with van der Waals surface area (Å²) in [5, 5.41) is 12.1. The average molecular weight is 504 g/mol. The minimum atomic E-state index is -0.907. The largest absolute Gasteiger partial charge is 0.465 e. The van der Waals surface area contributed by atoms with Crippen LogP contribution in [0.2, 0.25) is 0 Å². The van der Waals surface area contributed by atoms with Crippen LogP contribution in [0.5, 0.6) is 0 Å². The van der Waals surface area contributed by atoms with Crippen molar-refractivity contribution < 1.29 is 19.5 Å². The molecule has 196 valence electrons. The van der Waals surface area contributed by atoms with Gasteiger partial charge in [-0.15, -0.1) is 0 Å². The number of hydrogen-bond acceptors (Lipinski definition) is 4. The number of carbonyl (C=O) groups is 3. The molecular weight excluding hydrogens is 466 g/mol. The van der Waals surface area contributed by atoms with Crippen molar-refractivity contribution in [2.75, 3.05) is 32.7 Å². The lowest BCUT2D eigenvalue weighted by Gasteiger charge is -2.33. The molecule has 2 aromatic carbocycles. The van der Waals surface area contributed by atoms with E-state index in [1.165, 1.54) is 23.3 Å². The van der Waals surface area contributed by atoms with Gasteiger partial charge in [-0.25, -0.2) is 4.79 Å². The zero-order valence-electron chi connectivity index (χ0n) is 21.4. The van der Waals surface area contributed by atoms with Crippen LogP contribution in [0.3, 0.4) is 0 Å². The summed E-state index contributed by atoms with van der Waals surface area (Å²) in [6.07, 6.45) is 5.23. The Labute approximate surface area is 218 Å². The van der Waals surface area contributed by atoms with Crippen molar-refractivity contribution in [1.29, 1.82) is 0 Å². The molecular formula is C30H37N3O4. The molecule has 2 amide bonds. The maximum Gasteiger partial charge on any atom is 0.407 e. The zero-order chi connectivity index (χ0) is 25.8. The van der Waals surface area contributed by atoms with Crippen LogP contribution in [0, 0.1) is 5.92 Å². The molecule has 7 nitrogen and oxygen atoms in total. The number of ketones is 1. The minimum absolute atomic E-state index is 0.0251. The first-order valence-corrected chi connectivity index (χ1v) is 13.7. The number of nitrogens with zero attached hydrogens (tertiary/aromatic N) is 2. The van der Waals surface area contributed by atoms with Gasteiger partial charge in [-0.2, -0.15) is 0 Å². The molecule has 5 rings (SSSR count). The average Bonchev–Trinajstić information content (AvgIpc) is 2.93. The molecule has 2 aliphatic heterocycles. The number of Topliss-reactive ketones (excluding diaryl/α,β-unsaturated/α-hetero) is 1. The third kappa shape index (κ3) is 6.04. The van der Waals surface area contributed by atoms with E-state index in [-0.39, 0.29) is 23.7 Å². The van der Waals surface area contributed by atoms with Crippen molar-refractivity contribution in [3.05, 3.63) is 70.8 Å². The molecule has 1 atom stereocenters. The Kier molecular flexibility index (Phi) is 7.89. The molecule has 1 aliphatic carbocycles. The number of carboxylic acid groups (broad SMARTS) is 1. The predicted molar refractivity (Wildman–Crippen MR) is 142 cm³/mol. The number of rotatable bonds is 6. The number of benzene rings is 2. The molecule has 0 radical (unpaired) electrons. The summed E-state index contributed by atoms with van der Waals surface area (Å²) in [6.45, 7) is 4.01. The highest BCUT2D eigenvalue weighted by molar-refractivity contribution is 6.02. The van der Waals surface area contributed by atoms with Crippen LogP contribution >= 0.6 is 0 Å². The van der Waals surface area contributed by atoms with Gasteiger partial charge in [-0.1, -0.05) is 36.4 Å². The molecule has 1 unspecified atom stereocenters. The van der Waals surface area contributed by atoms with Crippen LogP contribution in [-0.2, 0) is 6.42 Å². The molecule has 2 fully saturated rings. The Hall–Kier alpha value is -3.19. The second-order valence-corrected chi connectivity index (χ2v) is 10.8. The van der Waals surface area contributed by atoms with E-state index in [0.29, 0.717) is 37.4 Å². The van der Waals surface area contributed by atoms with Crippen molar-refractivity contribution in [3.8, 4) is 0 Å². The second-order valence-electron chi connectivity index (χ2n) is 10.8. The fraction of sp³-hybridized carbons (Fsp3) is 0.500. The van der Waals surface area contributed by atoms with Gasteiger partial charge in [0, 0.05) is 36.2 Å². The van der Waals surface area contributed by atoms with Crippen LogP contribution in [0.25, 0.3) is 0 Å². The molecule has 2 aromatic rings. The maximum atomic E-state index is 13.2. The smallest absolute Gasteiger partial charge is 0.407 e. The Balaban J connectivity index is 1.10. The van der Waals surface area contributed by atoms with Crippen LogP contribution in [0.15, 0.2) is 48.5 Å². The van der Waals surface area contributed by atoms with Crippen molar-refractivity contribution in [2.24, 2.45) is 5.92 Å². The summed E-state index contributed by atoms with van der Waals surface area (Å²) in [5.41, 5.74) is 3.76. The van der Waals surface area contributed by atoms with Crippen LogP contribution in [0.4, 0.5) is 4.79 Å². The van der Waals surface area contributed by atoms with Crippen molar-refractivity contribution >= 4 is 17.8 Å². The van der Waals surface area contributed by atoms with Gasteiger partial charge in [0.1, 0.15) is 0 Å². The summed E-state index contributed by atoms with van der Waals surface area (Å²) >= 11 is 0. The summed E-state index contributed by atoms with van der Waals surface area (Å²) in [4.78, 5) is 41.0. The normalized spacial score (nSPS) is 21.5. The van der Waals surface area contributed by atoms with E-state index in [2.05, 4.69) is 40.5 Å². The number of aryl methyl sites for hydroxylation is 1. The minimum Gasteiger partial charge on any atom is -0.465 e. The number of piperidine rings is 2. The van der Waals surface area contributed by atoms with Gasteiger partial charge in [0.05, 0.1) is 0 Å². The van der Waals surface area contributed by atoms with Gasteiger partial charge >= 0.3 is 6.09 Å². The fourth-order valence-electron chi connectivity index (χ4n) is 6.18. The third-order valence-electron chi connectivity index (χ3n) is 8.52. The summed E-state index contributed by atoms with van der Waals surface area (Å²) in [7, 11) is 0. The van der Waals surface area contributed by atoms with Gasteiger partial charge in [-0.05, 0) is 93.8 Å². The van der Waals surface area contributed by atoms with Gasteiger partial charge in [-0.3, -0.25) is 9.59 Å². The van der Waals surface area contributed by atoms with Crippen molar-refractivity contribution in [2.45, 2.75) is 56.9 Å². The van der Waals surface area contributed by atoms with E-state index in [0.717, 1.165) is 50.0 Å². The zero-order valence-corrected chi connectivity index (χ0v) is 21.4. The SMILES string of the molecule is O=C(NC1CCN(C(=O)O)CC1)c1ccc2c(c1)CCC(CCN1CCC(c3ccccc3)CC1)C2=O. The highest BCUT2D eigenvalue weighted by atomic mass is 16.4. The molecule has 2 saturated heterocycles. The van der Waals surface area contributed by atoms with Gasteiger partial charge in [0.25, 0.3) is 5.91 Å². The van der Waals surface area contributed by atoms with E-state index in [1.54, 1.807) is 6.07 Å². The number of likely N-dealkylation sites (tertiary alicyclic amines) is 2. The number of carbonyl (C=O) groups excluding carboxylic acids is 2. The van der Waals surface area contributed by atoms with Crippen molar-refractivity contribution in [3.63, 3.8) is 0 Å². The first kappa shape index (κ1) is 25.5. The standard InChI is InChI=1S/C30H37N3O4/c34-28-23(12-17-32-15-10-22(11-16-32)21-4-2-1-3-5-21)6-7-24-20-25(8-9-27(24)28)29(35)31-26-13-18-33(19-14-26)30(36)37/h1-5,8-9,20,22-23,26H,6-7,10-19H2,(H,31,35)(H,36,37). The van der Waals surface area contributed by atoms with Crippen LogP contribution in [-0.4, -0.2) is 71.5 Å². The lowest BCUT2D eigenvalue weighted by atomic mass is 9.80. The highest BCUT2D eigenvalue weighted by Crippen LogP contribution is 2.31. The fourth-order valence-corrected chi connectivity index (χ4v) is 6.18. The number of amides is 2. The molecule has 3 aliphatic rings. The van der Waals surface area contributed by atoms with Gasteiger partial charge < -0.3 is 20.2 Å². The topological polar surface area (TPSA) is 89.9 Å². The number of hydrogen-bond donors (Lipinski definition) is 2.